The zero-order chi connectivity index (χ0) is 10.8. The number of fused-ring (bicyclic) bond motifs is 1. The van der Waals surface area contributed by atoms with Gasteiger partial charge in [-0.25, -0.2) is 0 Å². The molecule has 0 saturated heterocycles. The summed E-state index contributed by atoms with van der Waals surface area (Å²) in [6, 6.07) is 10.4. The topological polar surface area (TPSA) is 12.0 Å². The third-order valence-electron chi connectivity index (χ3n) is 4.16. The van der Waals surface area contributed by atoms with Crippen LogP contribution in [0.25, 0.3) is 0 Å². The predicted molar refractivity (Wildman–Crippen MR) is 67.5 cm³/mol. The van der Waals surface area contributed by atoms with E-state index in [0.717, 1.165) is 6.04 Å². The lowest BCUT2D eigenvalue weighted by Crippen LogP contribution is -2.32. The Morgan fingerprint density at radius 2 is 1.75 bits per heavy atom. The van der Waals surface area contributed by atoms with Gasteiger partial charge in [-0.1, -0.05) is 37.1 Å². The van der Waals surface area contributed by atoms with Crippen molar-refractivity contribution in [3.63, 3.8) is 0 Å². The molecule has 0 radical (unpaired) electrons. The van der Waals surface area contributed by atoms with Crippen LogP contribution < -0.4 is 5.32 Å². The van der Waals surface area contributed by atoms with Crippen molar-refractivity contribution in [2.75, 3.05) is 0 Å². The Hall–Kier alpha value is -0.820. The summed E-state index contributed by atoms with van der Waals surface area (Å²) < 4.78 is 0. The highest BCUT2D eigenvalue weighted by Gasteiger charge is 2.23. The summed E-state index contributed by atoms with van der Waals surface area (Å²) in [5.74, 6) is 0. The molecule has 1 atom stereocenters. The Kier molecular flexibility index (Phi) is 2.96. The number of hydrogen-bond donors (Lipinski definition) is 1. The molecular weight excluding hydrogens is 194 g/mol. The van der Waals surface area contributed by atoms with Crippen molar-refractivity contribution in [1.29, 1.82) is 0 Å². The maximum atomic E-state index is 3.87. The largest absolute Gasteiger partial charge is 0.307 e. The van der Waals surface area contributed by atoms with Gasteiger partial charge >= 0.3 is 0 Å². The summed E-state index contributed by atoms with van der Waals surface area (Å²) in [5.41, 5.74) is 3.14. The first kappa shape index (κ1) is 10.3. The molecule has 0 amide bonds. The van der Waals surface area contributed by atoms with E-state index in [1.54, 1.807) is 11.1 Å². The zero-order valence-corrected chi connectivity index (χ0v) is 9.91. The fourth-order valence-corrected chi connectivity index (χ4v) is 3.30. The minimum atomic E-state index is 0.632. The van der Waals surface area contributed by atoms with Crippen LogP contribution in [0.5, 0.6) is 0 Å². The molecule has 1 aromatic rings. The molecular formula is C15H21N. The number of benzene rings is 1. The average Bonchev–Trinajstić information content (AvgIpc) is 2.82. The van der Waals surface area contributed by atoms with E-state index in [0.29, 0.717) is 6.04 Å². The number of aryl methyl sites for hydroxylation is 1. The fraction of sp³-hybridized carbons (Fsp3) is 0.600. The third kappa shape index (κ3) is 2.01. The number of hydrogen-bond acceptors (Lipinski definition) is 1. The first-order valence-corrected chi connectivity index (χ1v) is 6.77. The summed E-state index contributed by atoms with van der Waals surface area (Å²) >= 11 is 0. The molecule has 0 bridgehead atoms. The Bertz CT molecular complexity index is 352. The van der Waals surface area contributed by atoms with Crippen molar-refractivity contribution >= 4 is 0 Å². The van der Waals surface area contributed by atoms with Crippen molar-refractivity contribution in [3.05, 3.63) is 35.4 Å². The van der Waals surface area contributed by atoms with Crippen LogP contribution in [0.3, 0.4) is 0 Å². The van der Waals surface area contributed by atoms with Crippen LogP contribution in [0, 0.1) is 0 Å². The van der Waals surface area contributed by atoms with E-state index in [9.17, 15) is 0 Å². The van der Waals surface area contributed by atoms with E-state index in [4.69, 9.17) is 0 Å². The SMILES string of the molecule is c1ccc2c(c1)CCCC2NC1CCCC1. The van der Waals surface area contributed by atoms with Gasteiger partial charge in [0.1, 0.15) is 0 Å². The van der Waals surface area contributed by atoms with Gasteiger partial charge in [0.25, 0.3) is 0 Å². The van der Waals surface area contributed by atoms with E-state index in [1.165, 1.54) is 44.9 Å². The molecule has 86 valence electrons. The van der Waals surface area contributed by atoms with Crippen LogP contribution in [0.4, 0.5) is 0 Å². The first-order chi connectivity index (χ1) is 7.93. The second kappa shape index (κ2) is 4.58. The summed E-state index contributed by atoms with van der Waals surface area (Å²) in [5, 5.41) is 3.87. The van der Waals surface area contributed by atoms with Gasteiger partial charge in [0.2, 0.25) is 0 Å². The smallest absolute Gasteiger partial charge is 0.0325 e. The van der Waals surface area contributed by atoms with Gasteiger partial charge in [-0.05, 0) is 43.2 Å². The second-order valence-corrected chi connectivity index (χ2v) is 5.29. The van der Waals surface area contributed by atoms with Crippen molar-refractivity contribution in [3.8, 4) is 0 Å². The second-order valence-electron chi connectivity index (χ2n) is 5.29. The van der Waals surface area contributed by atoms with Gasteiger partial charge in [-0.3, -0.25) is 0 Å². The standard InChI is InChI=1S/C15H21N/c1-4-10-14-12(6-1)7-5-11-15(14)16-13-8-2-3-9-13/h1,4,6,10,13,15-16H,2-3,5,7-9,11H2. The molecule has 1 nitrogen and oxygen atoms in total. The molecule has 1 fully saturated rings. The average molecular weight is 215 g/mol. The molecule has 0 aliphatic heterocycles. The molecule has 0 aromatic heterocycles. The van der Waals surface area contributed by atoms with E-state index < -0.39 is 0 Å². The quantitative estimate of drug-likeness (QED) is 0.795. The molecule has 3 rings (SSSR count). The first-order valence-electron chi connectivity index (χ1n) is 6.77. The van der Waals surface area contributed by atoms with Crippen LogP contribution >= 0.6 is 0 Å². The lowest BCUT2D eigenvalue weighted by atomic mass is 9.87. The molecule has 1 aromatic carbocycles. The summed E-state index contributed by atoms with van der Waals surface area (Å²) in [4.78, 5) is 0. The Balaban J connectivity index is 1.76. The predicted octanol–water partition coefficient (Wildman–Crippen LogP) is 3.60. The molecule has 16 heavy (non-hydrogen) atoms. The zero-order valence-electron chi connectivity index (χ0n) is 9.91. The van der Waals surface area contributed by atoms with Crippen molar-refractivity contribution in [1.82, 2.24) is 5.32 Å². The fourth-order valence-electron chi connectivity index (χ4n) is 3.30. The highest BCUT2D eigenvalue weighted by Crippen LogP contribution is 2.31. The summed E-state index contributed by atoms with van der Waals surface area (Å²) in [7, 11) is 0. The third-order valence-corrected chi connectivity index (χ3v) is 4.16. The lowest BCUT2D eigenvalue weighted by molar-refractivity contribution is 0.397. The van der Waals surface area contributed by atoms with Crippen LogP contribution in [0.2, 0.25) is 0 Å². The maximum Gasteiger partial charge on any atom is 0.0325 e. The van der Waals surface area contributed by atoms with Crippen molar-refractivity contribution in [2.24, 2.45) is 0 Å². The number of rotatable bonds is 2. The van der Waals surface area contributed by atoms with Gasteiger partial charge in [0.15, 0.2) is 0 Å². The Morgan fingerprint density at radius 3 is 2.62 bits per heavy atom. The van der Waals surface area contributed by atoms with E-state index in [2.05, 4.69) is 29.6 Å². The lowest BCUT2D eigenvalue weighted by Gasteiger charge is -2.29. The Labute approximate surface area is 98.3 Å². The molecule has 1 N–H and O–H groups in total. The molecule has 2 aliphatic carbocycles. The van der Waals surface area contributed by atoms with Crippen LogP contribution in [0.15, 0.2) is 24.3 Å². The van der Waals surface area contributed by atoms with Crippen LogP contribution in [-0.2, 0) is 6.42 Å². The van der Waals surface area contributed by atoms with Crippen LogP contribution in [0.1, 0.15) is 55.7 Å². The highest BCUT2D eigenvalue weighted by molar-refractivity contribution is 5.32. The summed E-state index contributed by atoms with van der Waals surface area (Å²) in [6.45, 7) is 0. The summed E-state index contributed by atoms with van der Waals surface area (Å²) in [6.07, 6.45) is 9.57. The van der Waals surface area contributed by atoms with Crippen molar-refractivity contribution < 1.29 is 0 Å². The molecule has 2 aliphatic rings. The normalized spacial score (nSPS) is 25.6. The van der Waals surface area contributed by atoms with Gasteiger partial charge in [0, 0.05) is 12.1 Å². The van der Waals surface area contributed by atoms with E-state index in [1.807, 2.05) is 0 Å². The molecule has 1 saturated carbocycles. The van der Waals surface area contributed by atoms with Gasteiger partial charge in [-0.15, -0.1) is 0 Å². The minimum Gasteiger partial charge on any atom is -0.307 e. The van der Waals surface area contributed by atoms with Crippen LogP contribution in [-0.4, -0.2) is 6.04 Å². The monoisotopic (exact) mass is 215 g/mol. The molecule has 0 heterocycles. The maximum absolute atomic E-state index is 3.87. The van der Waals surface area contributed by atoms with Gasteiger partial charge in [0.05, 0.1) is 0 Å². The minimum absolute atomic E-state index is 0.632. The molecule has 0 spiro atoms. The Morgan fingerprint density at radius 1 is 0.938 bits per heavy atom. The van der Waals surface area contributed by atoms with Crippen molar-refractivity contribution in [2.45, 2.75) is 57.0 Å². The molecule has 1 heteroatoms. The number of nitrogens with one attached hydrogen (secondary N) is 1. The highest BCUT2D eigenvalue weighted by atomic mass is 15.0. The van der Waals surface area contributed by atoms with E-state index in [-0.39, 0.29) is 0 Å². The molecule has 1 unspecified atom stereocenters. The van der Waals surface area contributed by atoms with E-state index >= 15 is 0 Å². The van der Waals surface area contributed by atoms with Gasteiger partial charge < -0.3 is 5.32 Å². The van der Waals surface area contributed by atoms with Gasteiger partial charge in [-0.2, -0.15) is 0 Å².